The molecule has 0 aliphatic rings. The molecule has 0 aromatic heterocycles. The van der Waals surface area contributed by atoms with E-state index in [2.05, 4.69) is 22.8 Å². The molecule has 2 aromatic rings. The monoisotopic (exact) mass is 288 g/mol. The van der Waals surface area contributed by atoms with Crippen LogP contribution in [0.15, 0.2) is 54.6 Å². The van der Waals surface area contributed by atoms with Gasteiger partial charge in [-0.05, 0) is 36.2 Å². The maximum atomic E-state index is 11.7. The number of amides is 1. The second kappa shape index (κ2) is 7.56. The summed E-state index contributed by atoms with van der Waals surface area (Å²) < 4.78 is 0. The minimum atomic E-state index is -0.0177. The Morgan fingerprint density at radius 2 is 1.70 bits per heavy atom. The van der Waals surface area contributed by atoms with E-state index in [1.54, 1.807) is 12.1 Å². The molecule has 2 aromatic carbocycles. The fourth-order valence-electron chi connectivity index (χ4n) is 1.80. The van der Waals surface area contributed by atoms with E-state index in [1.165, 1.54) is 5.56 Å². The maximum absolute atomic E-state index is 11.7. The molecule has 20 heavy (non-hydrogen) atoms. The van der Waals surface area contributed by atoms with Crippen molar-refractivity contribution < 1.29 is 4.79 Å². The third-order valence-electron chi connectivity index (χ3n) is 2.88. The summed E-state index contributed by atoms with van der Waals surface area (Å²) in [4.78, 5) is 11.7. The SMILES string of the molecule is O=C(CNc1ccc(Cl)cc1)NCCc1ccccc1. The molecule has 0 saturated heterocycles. The zero-order chi connectivity index (χ0) is 14.2. The summed E-state index contributed by atoms with van der Waals surface area (Å²) in [6.07, 6.45) is 0.841. The van der Waals surface area contributed by atoms with E-state index in [0.717, 1.165) is 12.1 Å². The largest absolute Gasteiger partial charge is 0.376 e. The first-order valence-electron chi connectivity index (χ1n) is 6.54. The van der Waals surface area contributed by atoms with Crippen molar-refractivity contribution >= 4 is 23.2 Å². The summed E-state index contributed by atoms with van der Waals surface area (Å²) in [6, 6.07) is 17.4. The predicted octanol–water partition coefficient (Wildman–Crippen LogP) is 3.11. The van der Waals surface area contributed by atoms with Gasteiger partial charge in [-0.3, -0.25) is 4.79 Å². The van der Waals surface area contributed by atoms with Crippen molar-refractivity contribution in [2.45, 2.75) is 6.42 Å². The Balaban J connectivity index is 1.67. The lowest BCUT2D eigenvalue weighted by Crippen LogP contribution is -2.31. The fourth-order valence-corrected chi connectivity index (χ4v) is 1.93. The molecule has 0 bridgehead atoms. The average Bonchev–Trinajstić information content (AvgIpc) is 2.48. The second-order valence-electron chi connectivity index (χ2n) is 4.45. The van der Waals surface area contributed by atoms with Crippen molar-refractivity contribution in [3.8, 4) is 0 Å². The number of carbonyl (C=O) groups is 1. The number of nitrogens with one attached hydrogen (secondary N) is 2. The highest BCUT2D eigenvalue weighted by Crippen LogP contribution is 2.12. The summed E-state index contributed by atoms with van der Waals surface area (Å²) in [5.74, 6) is -0.0177. The molecule has 0 radical (unpaired) electrons. The third kappa shape index (κ3) is 4.94. The molecule has 1 amide bonds. The summed E-state index contributed by atoms with van der Waals surface area (Å²) in [5, 5.41) is 6.62. The molecule has 0 saturated carbocycles. The summed E-state index contributed by atoms with van der Waals surface area (Å²) in [6.45, 7) is 0.904. The minimum absolute atomic E-state index is 0.0177. The summed E-state index contributed by atoms with van der Waals surface area (Å²) in [7, 11) is 0. The molecule has 0 unspecified atom stereocenters. The Morgan fingerprint density at radius 1 is 1.00 bits per heavy atom. The van der Waals surface area contributed by atoms with E-state index < -0.39 is 0 Å². The van der Waals surface area contributed by atoms with E-state index in [1.807, 2.05) is 30.3 Å². The Labute approximate surface area is 124 Å². The Hall–Kier alpha value is -2.00. The fraction of sp³-hybridized carbons (Fsp3) is 0.188. The third-order valence-corrected chi connectivity index (χ3v) is 3.13. The molecule has 104 valence electrons. The van der Waals surface area contributed by atoms with Crippen LogP contribution in [0.25, 0.3) is 0 Å². The molecular formula is C16H17ClN2O. The lowest BCUT2D eigenvalue weighted by Gasteiger charge is -2.08. The lowest BCUT2D eigenvalue weighted by atomic mass is 10.1. The number of hydrogen-bond donors (Lipinski definition) is 2. The smallest absolute Gasteiger partial charge is 0.239 e. The van der Waals surface area contributed by atoms with E-state index in [9.17, 15) is 4.79 Å². The van der Waals surface area contributed by atoms with Gasteiger partial charge < -0.3 is 10.6 Å². The van der Waals surface area contributed by atoms with Gasteiger partial charge in [0.25, 0.3) is 0 Å². The first-order valence-corrected chi connectivity index (χ1v) is 6.92. The number of benzene rings is 2. The zero-order valence-electron chi connectivity index (χ0n) is 11.1. The van der Waals surface area contributed by atoms with Gasteiger partial charge in [-0.2, -0.15) is 0 Å². The van der Waals surface area contributed by atoms with Crippen LogP contribution in [0.4, 0.5) is 5.69 Å². The van der Waals surface area contributed by atoms with Crippen LogP contribution in [0.3, 0.4) is 0 Å². The molecule has 0 aliphatic carbocycles. The molecule has 4 heteroatoms. The number of carbonyl (C=O) groups excluding carboxylic acids is 1. The normalized spacial score (nSPS) is 10.1. The van der Waals surface area contributed by atoms with Gasteiger partial charge in [0.05, 0.1) is 6.54 Å². The average molecular weight is 289 g/mol. The van der Waals surface area contributed by atoms with Crippen molar-refractivity contribution in [2.75, 3.05) is 18.4 Å². The zero-order valence-corrected chi connectivity index (χ0v) is 11.9. The van der Waals surface area contributed by atoms with Crippen molar-refractivity contribution in [3.05, 3.63) is 65.2 Å². The van der Waals surface area contributed by atoms with Gasteiger partial charge in [-0.25, -0.2) is 0 Å². The molecule has 0 fully saturated rings. The van der Waals surface area contributed by atoms with E-state index in [4.69, 9.17) is 11.6 Å². The van der Waals surface area contributed by atoms with Crippen molar-refractivity contribution in [2.24, 2.45) is 0 Å². The van der Waals surface area contributed by atoms with Gasteiger partial charge in [0.1, 0.15) is 0 Å². The van der Waals surface area contributed by atoms with E-state index >= 15 is 0 Å². The number of hydrogen-bond acceptors (Lipinski definition) is 2. The Kier molecular flexibility index (Phi) is 5.44. The van der Waals surface area contributed by atoms with Crippen molar-refractivity contribution in [1.82, 2.24) is 5.32 Å². The topological polar surface area (TPSA) is 41.1 Å². The molecule has 0 heterocycles. The van der Waals surface area contributed by atoms with E-state index in [0.29, 0.717) is 11.6 Å². The van der Waals surface area contributed by atoms with Crippen molar-refractivity contribution in [1.29, 1.82) is 0 Å². The van der Waals surface area contributed by atoms with Crippen LogP contribution in [0.5, 0.6) is 0 Å². The van der Waals surface area contributed by atoms with Gasteiger partial charge >= 0.3 is 0 Å². The van der Waals surface area contributed by atoms with Gasteiger partial charge in [-0.1, -0.05) is 41.9 Å². The second-order valence-corrected chi connectivity index (χ2v) is 4.88. The molecule has 0 aliphatic heterocycles. The molecule has 3 nitrogen and oxygen atoms in total. The molecule has 2 N–H and O–H groups in total. The van der Waals surface area contributed by atoms with Crippen LogP contribution in [0.2, 0.25) is 5.02 Å². The Morgan fingerprint density at radius 3 is 2.40 bits per heavy atom. The highest BCUT2D eigenvalue weighted by molar-refractivity contribution is 6.30. The van der Waals surface area contributed by atoms with Crippen LogP contribution >= 0.6 is 11.6 Å². The maximum Gasteiger partial charge on any atom is 0.239 e. The first kappa shape index (κ1) is 14.4. The first-order chi connectivity index (χ1) is 9.74. The van der Waals surface area contributed by atoms with Crippen LogP contribution in [-0.2, 0) is 11.2 Å². The highest BCUT2D eigenvalue weighted by Gasteiger charge is 2.00. The van der Waals surface area contributed by atoms with Crippen LogP contribution < -0.4 is 10.6 Å². The molecule has 2 rings (SSSR count). The van der Waals surface area contributed by atoms with Gasteiger partial charge in [-0.15, -0.1) is 0 Å². The highest BCUT2D eigenvalue weighted by atomic mass is 35.5. The van der Waals surface area contributed by atoms with Gasteiger partial charge in [0, 0.05) is 17.3 Å². The summed E-state index contributed by atoms with van der Waals surface area (Å²) in [5.41, 5.74) is 2.10. The number of halogens is 1. The quantitative estimate of drug-likeness (QED) is 0.857. The van der Waals surface area contributed by atoms with Crippen molar-refractivity contribution in [3.63, 3.8) is 0 Å². The van der Waals surface area contributed by atoms with Gasteiger partial charge in [0.2, 0.25) is 5.91 Å². The Bertz CT molecular complexity index is 540. The minimum Gasteiger partial charge on any atom is -0.376 e. The molecule has 0 spiro atoms. The lowest BCUT2D eigenvalue weighted by molar-refractivity contribution is -0.119. The van der Waals surface area contributed by atoms with Crippen LogP contribution in [-0.4, -0.2) is 19.0 Å². The predicted molar refractivity (Wildman–Crippen MR) is 83.1 cm³/mol. The van der Waals surface area contributed by atoms with Gasteiger partial charge in [0.15, 0.2) is 0 Å². The molecular weight excluding hydrogens is 272 g/mol. The standard InChI is InChI=1S/C16H17ClN2O/c17-14-6-8-15(9-7-14)19-12-16(20)18-11-10-13-4-2-1-3-5-13/h1-9,19H,10-12H2,(H,18,20). The van der Waals surface area contributed by atoms with Crippen LogP contribution in [0, 0.1) is 0 Å². The summed E-state index contributed by atoms with van der Waals surface area (Å²) >= 11 is 5.79. The van der Waals surface area contributed by atoms with E-state index in [-0.39, 0.29) is 12.5 Å². The number of rotatable bonds is 6. The van der Waals surface area contributed by atoms with Crippen LogP contribution in [0.1, 0.15) is 5.56 Å². The molecule has 0 atom stereocenters. The number of anilines is 1.